The first-order valence-electron chi connectivity index (χ1n) is 10.8. The van der Waals surface area contributed by atoms with Crippen LogP contribution in [0.15, 0.2) is 85.1 Å². The number of hydrogen-bond donors (Lipinski definition) is 1. The number of hydrogen-bond acceptors (Lipinski definition) is 5. The number of amides is 2. The van der Waals surface area contributed by atoms with Gasteiger partial charge < -0.3 is 10.2 Å². The second kappa shape index (κ2) is 10.0. The Kier molecular flexibility index (Phi) is 6.68. The van der Waals surface area contributed by atoms with Gasteiger partial charge in [-0.05, 0) is 42.5 Å². The van der Waals surface area contributed by atoms with Crippen LogP contribution in [-0.4, -0.2) is 45.5 Å². The number of non-ortho nitro benzene ring substituents is 1. The summed E-state index contributed by atoms with van der Waals surface area (Å²) >= 11 is 0. The van der Waals surface area contributed by atoms with E-state index in [-0.39, 0.29) is 23.9 Å². The van der Waals surface area contributed by atoms with Gasteiger partial charge in [-0.3, -0.25) is 19.7 Å². The van der Waals surface area contributed by atoms with Crippen molar-refractivity contribution in [1.29, 1.82) is 0 Å². The topological polar surface area (TPSA) is 110 Å². The Morgan fingerprint density at radius 1 is 1.00 bits per heavy atom. The van der Waals surface area contributed by atoms with Crippen LogP contribution in [0.5, 0.6) is 0 Å². The quantitative estimate of drug-likeness (QED) is 0.320. The number of aromatic nitrogens is 2. The van der Waals surface area contributed by atoms with Gasteiger partial charge in [0.2, 0.25) is 5.91 Å². The zero-order chi connectivity index (χ0) is 24.9. The highest BCUT2D eigenvalue weighted by Crippen LogP contribution is 2.26. The lowest BCUT2D eigenvalue weighted by molar-refractivity contribution is -0.384. The second-order valence-electron chi connectivity index (χ2n) is 8.09. The predicted molar refractivity (Wildman–Crippen MR) is 132 cm³/mol. The molecule has 0 saturated carbocycles. The molecule has 4 aromatic rings. The van der Waals surface area contributed by atoms with E-state index < -0.39 is 4.92 Å². The molecule has 2 amide bonds. The van der Waals surface area contributed by atoms with E-state index in [2.05, 4.69) is 10.4 Å². The third kappa shape index (κ3) is 5.41. The molecule has 9 nitrogen and oxygen atoms in total. The van der Waals surface area contributed by atoms with E-state index in [0.29, 0.717) is 28.1 Å². The number of benzene rings is 3. The van der Waals surface area contributed by atoms with Crippen LogP contribution >= 0.6 is 0 Å². The molecule has 9 heteroatoms. The Morgan fingerprint density at radius 2 is 1.71 bits per heavy atom. The summed E-state index contributed by atoms with van der Waals surface area (Å²) in [6.07, 6.45) is 1.79. The molecule has 0 aliphatic rings. The van der Waals surface area contributed by atoms with Crippen LogP contribution in [0, 0.1) is 10.1 Å². The van der Waals surface area contributed by atoms with Crippen LogP contribution in [0.2, 0.25) is 0 Å². The van der Waals surface area contributed by atoms with E-state index in [0.717, 1.165) is 5.69 Å². The van der Waals surface area contributed by atoms with Crippen molar-refractivity contribution >= 4 is 23.2 Å². The van der Waals surface area contributed by atoms with Gasteiger partial charge in [0.15, 0.2) is 0 Å². The Hall–Kier alpha value is -4.79. The predicted octanol–water partition coefficient (Wildman–Crippen LogP) is 4.33. The van der Waals surface area contributed by atoms with Crippen molar-refractivity contribution < 1.29 is 14.5 Å². The van der Waals surface area contributed by atoms with Crippen molar-refractivity contribution in [2.24, 2.45) is 0 Å². The molecule has 0 aliphatic heterocycles. The molecule has 0 saturated heterocycles. The Labute approximate surface area is 201 Å². The molecule has 0 unspecified atom stereocenters. The summed E-state index contributed by atoms with van der Waals surface area (Å²) in [5.74, 6) is -0.444. The number of nitrogens with zero attached hydrogens (tertiary/aromatic N) is 4. The van der Waals surface area contributed by atoms with Crippen molar-refractivity contribution in [1.82, 2.24) is 14.7 Å². The van der Waals surface area contributed by atoms with Gasteiger partial charge >= 0.3 is 0 Å². The zero-order valence-electron chi connectivity index (χ0n) is 19.2. The van der Waals surface area contributed by atoms with Crippen molar-refractivity contribution in [2.45, 2.75) is 6.42 Å². The molecule has 4 rings (SSSR count). The van der Waals surface area contributed by atoms with Gasteiger partial charge in [-0.15, -0.1) is 0 Å². The van der Waals surface area contributed by atoms with Gasteiger partial charge in [-0.25, -0.2) is 4.68 Å². The Morgan fingerprint density at radius 3 is 2.37 bits per heavy atom. The summed E-state index contributed by atoms with van der Waals surface area (Å²) in [5.41, 5.74) is 3.63. The molecule has 1 heterocycles. The fourth-order valence-electron chi connectivity index (χ4n) is 3.60. The highest BCUT2D eigenvalue weighted by atomic mass is 16.6. The summed E-state index contributed by atoms with van der Waals surface area (Å²) in [7, 11) is 3.33. The number of nitro benzene ring substituents is 1. The van der Waals surface area contributed by atoms with E-state index >= 15 is 0 Å². The minimum Gasteiger partial charge on any atom is -0.345 e. The monoisotopic (exact) mass is 469 g/mol. The average Bonchev–Trinajstić information content (AvgIpc) is 3.27. The maximum Gasteiger partial charge on any atom is 0.269 e. The highest BCUT2D eigenvalue weighted by molar-refractivity contribution is 5.97. The lowest BCUT2D eigenvalue weighted by Gasteiger charge is -2.11. The molecule has 0 atom stereocenters. The van der Waals surface area contributed by atoms with E-state index in [1.165, 1.54) is 17.0 Å². The molecular weight excluding hydrogens is 446 g/mol. The molecule has 35 heavy (non-hydrogen) atoms. The van der Waals surface area contributed by atoms with Crippen LogP contribution in [0.1, 0.15) is 15.9 Å². The van der Waals surface area contributed by atoms with Crippen LogP contribution < -0.4 is 5.32 Å². The second-order valence-corrected chi connectivity index (χ2v) is 8.09. The molecule has 0 fully saturated rings. The number of carbonyl (C=O) groups is 2. The van der Waals surface area contributed by atoms with Crippen molar-refractivity contribution in [3.05, 3.63) is 106 Å². The standard InChI is InChI=1S/C26H23N5O4/c1-29(2)26(33)19-7-6-8-21(15-19)27-24(32)16-20-17-30(22-9-4-3-5-10-22)28-25(20)18-11-13-23(14-12-18)31(34)35/h3-15,17H,16H2,1-2H3,(H,27,32). The normalized spacial score (nSPS) is 10.6. The van der Waals surface area contributed by atoms with Gasteiger partial charge in [-0.2, -0.15) is 5.10 Å². The SMILES string of the molecule is CN(C)C(=O)c1cccc(NC(=O)Cc2cn(-c3ccccc3)nc2-c2ccc([N+](=O)[O-])cc2)c1. The van der Waals surface area contributed by atoms with Crippen LogP contribution in [0.3, 0.4) is 0 Å². The molecular formula is C26H23N5O4. The fourth-order valence-corrected chi connectivity index (χ4v) is 3.60. The van der Waals surface area contributed by atoms with Gasteiger partial charge in [0.1, 0.15) is 0 Å². The third-order valence-corrected chi connectivity index (χ3v) is 5.31. The first-order valence-corrected chi connectivity index (χ1v) is 10.8. The number of nitrogens with one attached hydrogen (secondary N) is 1. The van der Waals surface area contributed by atoms with E-state index in [4.69, 9.17) is 0 Å². The van der Waals surface area contributed by atoms with E-state index in [1.54, 1.807) is 61.4 Å². The minimum atomic E-state index is -0.462. The molecule has 3 aromatic carbocycles. The summed E-state index contributed by atoms with van der Waals surface area (Å²) in [6, 6.07) is 22.3. The molecule has 176 valence electrons. The number of rotatable bonds is 7. The average molecular weight is 470 g/mol. The van der Waals surface area contributed by atoms with Crippen molar-refractivity contribution in [2.75, 3.05) is 19.4 Å². The molecule has 0 radical (unpaired) electrons. The van der Waals surface area contributed by atoms with Gasteiger partial charge in [0, 0.05) is 54.8 Å². The van der Waals surface area contributed by atoms with Crippen LogP contribution in [-0.2, 0) is 11.2 Å². The highest BCUT2D eigenvalue weighted by Gasteiger charge is 2.17. The lowest BCUT2D eigenvalue weighted by atomic mass is 10.1. The first-order chi connectivity index (χ1) is 16.8. The van der Waals surface area contributed by atoms with Gasteiger partial charge in [0.05, 0.1) is 22.7 Å². The number of nitro groups is 1. The smallest absolute Gasteiger partial charge is 0.269 e. The summed E-state index contributed by atoms with van der Waals surface area (Å²) < 4.78 is 1.68. The summed E-state index contributed by atoms with van der Waals surface area (Å²) in [5, 5.41) is 18.5. The van der Waals surface area contributed by atoms with Crippen molar-refractivity contribution in [3.63, 3.8) is 0 Å². The molecule has 0 bridgehead atoms. The van der Waals surface area contributed by atoms with Crippen molar-refractivity contribution in [3.8, 4) is 16.9 Å². The lowest BCUT2D eigenvalue weighted by Crippen LogP contribution is -2.22. The maximum atomic E-state index is 12.9. The van der Waals surface area contributed by atoms with Crippen LogP contribution in [0.4, 0.5) is 11.4 Å². The van der Waals surface area contributed by atoms with Gasteiger partial charge in [-0.1, -0.05) is 24.3 Å². The summed E-state index contributed by atoms with van der Waals surface area (Å²) in [4.78, 5) is 37.2. The molecule has 0 aliphatic carbocycles. The first kappa shape index (κ1) is 23.4. The third-order valence-electron chi connectivity index (χ3n) is 5.31. The van der Waals surface area contributed by atoms with Crippen LogP contribution in [0.25, 0.3) is 16.9 Å². The molecule has 0 spiro atoms. The summed E-state index contributed by atoms with van der Waals surface area (Å²) in [6.45, 7) is 0. The van der Waals surface area contributed by atoms with Gasteiger partial charge in [0.25, 0.3) is 11.6 Å². The fraction of sp³-hybridized carbons (Fsp3) is 0.115. The zero-order valence-corrected chi connectivity index (χ0v) is 19.2. The number of anilines is 1. The van der Waals surface area contributed by atoms with E-state index in [9.17, 15) is 19.7 Å². The Balaban J connectivity index is 1.62. The number of para-hydroxylation sites is 1. The Bertz CT molecular complexity index is 1380. The minimum absolute atomic E-state index is 0.0189. The largest absolute Gasteiger partial charge is 0.345 e. The van der Waals surface area contributed by atoms with E-state index in [1.807, 2.05) is 30.3 Å². The maximum absolute atomic E-state index is 12.9. The number of carbonyl (C=O) groups excluding carboxylic acids is 2. The molecule has 1 N–H and O–H groups in total. The molecule has 1 aromatic heterocycles.